The Hall–Kier alpha value is -1.47. The first kappa shape index (κ1) is 12.0. The van der Waals surface area contributed by atoms with E-state index in [4.69, 9.17) is 5.26 Å². The first-order valence-electron chi connectivity index (χ1n) is 5.79. The van der Waals surface area contributed by atoms with E-state index in [1.165, 1.54) is 0 Å². The lowest BCUT2D eigenvalue weighted by Crippen LogP contribution is -2.19. The minimum Gasteiger partial charge on any atom is -0.335 e. The Bertz CT molecular complexity index is 462. The molecule has 1 N–H and O–H groups in total. The molecule has 1 heterocycles. The number of nitriles is 1. The smallest absolute Gasteiger partial charge is 0.161 e. The van der Waals surface area contributed by atoms with Gasteiger partial charge in [-0.1, -0.05) is 24.8 Å². The number of benzene rings is 1. The molecule has 1 atom stereocenters. The Labute approximate surface area is 106 Å². The van der Waals surface area contributed by atoms with Crippen LogP contribution in [0.1, 0.15) is 25.3 Å². The van der Waals surface area contributed by atoms with E-state index in [0.717, 1.165) is 29.4 Å². The second kappa shape index (κ2) is 5.74. The maximum atomic E-state index is 8.83. The van der Waals surface area contributed by atoms with E-state index in [1.807, 2.05) is 18.2 Å². The fourth-order valence-electron chi connectivity index (χ4n) is 1.71. The van der Waals surface area contributed by atoms with Gasteiger partial charge >= 0.3 is 0 Å². The lowest BCUT2D eigenvalue weighted by atomic mass is 10.2. The summed E-state index contributed by atoms with van der Waals surface area (Å²) in [5.74, 6) is 1.11. The molecule has 88 valence electrons. The van der Waals surface area contributed by atoms with Crippen molar-refractivity contribution < 1.29 is 0 Å². The highest BCUT2D eigenvalue weighted by Crippen LogP contribution is 2.21. The van der Waals surface area contributed by atoms with Gasteiger partial charge in [0.25, 0.3) is 0 Å². The summed E-state index contributed by atoms with van der Waals surface area (Å²) in [6.07, 6.45) is 2.24. The number of hydrogen-bond acceptors (Lipinski definition) is 4. The fraction of sp³-hybridized carbons (Fsp3) is 0.385. The van der Waals surface area contributed by atoms with Crippen molar-refractivity contribution in [3.63, 3.8) is 0 Å². The summed E-state index contributed by atoms with van der Waals surface area (Å²) in [4.78, 5) is 4.64. The average Bonchev–Trinajstić information content (AvgIpc) is 2.39. The maximum absolute atomic E-state index is 8.83. The molecule has 2 rings (SSSR count). The Morgan fingerprint density at radius 1 is 1.59 bits per heavy atom. The van der Waals surface area contributed by atoms with Crippen LogP contribution in [0.15, 0.2) is 29.3 Å². The largest absolute Gasteiger partial charge is 0.335 e. The van der Waals surface area contributed by atoms with Crippen LogP contribution in [0, 0.1) is 11.3 Å². The lowest BCUT2D eigenvalue weighted by molar-refractivity contribution is 0.634. The molecule has 4 heteroatoms. The van der Waals surface area contributed by atoms with Crippen molar-refractivity contribution in [2.24, 2.45) is 4.99 Å². The molecule has 0 amide bonds. The van der Waals surface area contributed by atoms with Gasteiger partial charge in [-0.2, -0.15) is 5.26 Å². The molecule has 0 radical (unpaired) electrons. The van der Waals surface area contributed by atoms with Gasteiger partial charge in [0.05, 0.1) is 17.7 Å². The molecule has 0 aromatic heterocycles. The van der Waals surface area contributed by atoms with Crippen LogP contribution in [0.2, 0.25) is 0 Å². The standard InChI is InChI=1S/C13H15N3S/c1-2-11-6-7-17-13(15-11)16-12-5-3-4-10(8-12)9-14/h3-5,8,11H,2,6-7H2,1H3,(H,15,16). The predicted molar refractivity (Wildman–Crippen MR) is 73.4 cm³/mol. The summed E-state index contributed by atoms with van der Waals surface area (Å²) in [5.41, 5.74) is 1.61. The van der Waals surface area contributed by atoms with E-state index in [2.05, 4.69) is 23.3 Å². The quantitative estimate of drug-likeness (QED) is 0.870. The summed E-state index contributed by atoms with van der Waals surface area (Å²) in [6, 6.07) is 10.1. The number of amidine groups is 1. The van der Waals surface area contributed by atoms with Crippen LogP contribution >= 0.6 is 11.8 Å². The fourth-order valence-corrected chi connectivity index (χ4v) is 2.71. The highest BCUT2D eigenvalue weighted by atomic mass is 32.2. The summed E-state index contributed by atoms with van der Waals surface area (Å²) >= 11 is 1.75. The average molecular weight is 245 g/mol. The van der Waals surface area contributed by atoms with Gasteiger partial charge in [-0.15, -0.1) is 0 Å². The highest BCUT2D eigenvalue weighted by Gasteiger charge is 2.13. The van der Waals surface area contributed by atoms with Crippen molar-refractivity contribution in [1.82, 2.24) is 0 Å². The van der Waals surface area contributed by atoms with E-state index >= 15 is 0 Å². The summed E-state index contributed by atoms with van der Waals surface area (Å²) in [5, 5.41) is 13.1. The van der Waals surface area contributed by atoms with E-state index in [9.17, 15) is 0 Å². The SMILES string of the molecule is CCC1CCSC(Nc2cccc(C#N)c2)=N1. The second-order valence-corrected chi connectivity index (χ2v) is 5.03. The van der Waals surface area contributed by atoms with Gasteiger partial charge < -0.3 is 5.32 Å². The van der Waals surface area contributed by atoms with Gasteiger partial charge in [-0.25, -0.2) is 0 Å². The van der Waals surface area contributed by atoms with Crippen LogP contribution in [0.4, 0.5) is 5.69 Å². The molecule has 1 aliphatic heterocycles. The van der Waals surface area contributed by atoms with E-state index in [0.29, 0.717) is 11.6 Å². The number of thioether (sulfide) groups is 1. The van der Waals surface area contributed by atoms with Gasteiger partial charge in [0.15, 0.2) is 5.17 Å². The first-order chi connectivity index (χ1) is 8.31. The maximum Gasteiger partial charge on any atom is 0.161 e. The van der Waals surface area contributed by atoms with Gasteiger partial charge in [0, 0.05) is 11.4 Å². The minimum atomic E-state index is 0.442. The molecular weight excluding hydrogens is 230 g/mol. The zero-order valence-corrected chi connectivity index (χ0v) is 10.6. The zero-order valence-electron chi connectivity index (χ0n) is 9.81. The number of nitrogens with zero attached hydrogens (tertiary/aromatic N) is 2. The van der Waals surface area contributed by atoms with Gasteiger partial charge in [-0.3, -0.25) is 4.99 Å². The number of hydrogen-bond donors (Lipinski definition) is 1. The zero-order chi connectivity index (χ0) is 12.1. The van der Waals surface area contributed by atoms with Crippen molar-refractivity contribution in [2.45, 2.75) is 25.8 Å². The highest BCUT2D eigenvalue weighted by molar-refractivity contribution is 8.14. The molecule has 1 unspecified atom stereocenters. The Morgan fingerprint density at radius 2 is 2.47 bits per heavy atom. The lowest BCUT2D eigenvalue weighted by Gasteiger charge is -2.19. The summed E-state index contributed by atoms with van der Waals surface area (Å²) < 4.78 is 0. The van der Waals surface area contributed by atoms with Crippen LogP contribution < -0.4 is 5.32 Å². The molecule has 0 saturated carbocycles. The molecule has 0 fully saturated rings. The van der Waals surface area contributed by atoms with E-state index in [1.54, 1.807) is 17.8 Å². The van der Waals surface area contributed by atoms with Crippen LogP contribution in [-0.4, -0.2) is 17.0 Å². The topological polar surface area (TPSA) is 48.2 Å². The van der Waals surface area contributed by atoms with Crippen LogP contribution in [0.25, 0.3) is 0 Å². The molecule has 1 aromatic rings. The van der Waals surface area contributed by atoms with Gasteiger partial charge in [0.2, 0.25) is 0 Å². The number of rotatable bonds is 2. The first-order valence-corrected chi connectivity index (χ1v) is 6.78. The number of aliphatic imine (C=N–C) groups is 1. The third kappa shape index (κ3) is 3.24. The Balaban J connectivity index is 2.10. The monoisotopic (exact) mass is 245 g/mol. The second-order valence-electron chi connectivity index (χ2n) is 3.95. The summed E-state index contributed by atoms with van der Waals surface area (Å²) in [7, 11) is 0. The predicted octanol–water partition coefficient (Wildman–Crippen LogP) is 3.24. The molecule has 3 nitrogen and oxygen atoms in total. The van der Waals surface area contributed by atoms with Crippen LogP contribution in [0.5, 0.6) is 0 Å². The molecule has 17 heavy (non-hydrogen) atoms. The van der Waals surface area contributed by atoms with Crippen molar-refractivity contribution in [1.29, 1.82) is 5.26 Å². The van der Waals surface area contributed by atoms with E-state index in [-0.39, 0.29) is 0 Å². The molecule has 0 saturated heterocycles. The molecule has 0 spiro atoms. The van der Waals surface area contributed by atoms with Crippen LogP contribution in [-0.2, 0) is 0 Å². The normalized spacial score (nSPS) is 19.3. The molecular formula is C13H15N3S. The van der Waals surface area contributed by atoms with Crippen molar-refractivity contribution >= 4 is 22.6 Å². The molecule has 1 aliphatic rings. The Morgan fingerprint density at radius 3 is 3.24 bits per heavy atom. The van der Waals surface area contributed by atoms with E-state index < -0.39 is 0 Å². The van der Waals surface area contributed by atoms with Gasteiger partial charge in [-0.05, 0) is 31.0 Å². The number of anilines is 1. The molecule has 1 aromatic carbocycles. The third-order valence-electron chi connectivity index (χ3n) is 2.70. The third-order valence-corrected chi connectivity index (χ3v) is 3.62. The summed E-state index contributed by atoms with van der Waals surface area (Å²) in [6.45, 7) is 2.16. The van der Waals surface area contributed by atoms with Crippen molar-refractivity contribution in [3.05, 3.63) is 29.8 Å². The molecule has 0 aliphatic carbocycles. The molecule has 0 bridgehead atoms. The minimum absolute atomic E-state index is 0.442. The number of nitrogens with one attached hydrogen (secondary N) is 1. The van der Waals surface area contributed by atoms with Crippen molar-refractivity contribution in [3.8, 4) is 6.07 Å². The van der Waals surface area contributed by atoms with Gasteiger partial charge in [0.1, 0.15) is 0 Å². The van der Waals surface area contributed by atoms with Crippen molar-refractivity contribution in [2.75, 3.05) is 11.1 Å². The van der Waals surface area contributed by atoms with Crippen LogP contribution in [0.3, 0.4) is 0 Å². The Kier molecular flexibility index (Phi) is 4.05.